The number of likely N-dealkylation sites (N-methyl/N-ethyl adjacent to an activating group) is 1. The molecule has 0 radical (unpaired) electrons. The van der Waals surface area contributed by atoms with Crippen LogP contribution in [0.3, 0.4) is 0 Å². The average molecular weight is 381 g/mol. The zero-order chi connectivity index (χ0) is 19.6. The number of amides is 1. The van der Waals surface area contributed by atoms with E-state index < -0.39 is 11.6 Å². The summed E-state index contributed by atoms with van der Waals surface area (Å²) in [6.07, 6.45) is 0. The first-order valence-electron chi connectivity index (χ1n) is 8.57. The summed E-state index contributed by atoms with van der Waals surface area (Å²) in [7, 11) is 5.74. The van der Waals surface area contributed by atoms with Crippen LogP contribution in [0.25, 0.3) is 10.2 Å². The van der Waals surface area contributed by atoms with E-state index in [0.29, 0.717) is 18.0 Å². The van der Waals surface area contributed by atoms with Gasteiger partial charge in [0.05, 0.1) is 10.6 Å². The molecule has 2 rings (SSSR count). The normalized spacial score (nSPS) is 12.0. The molecule has 0 bridgehead atoms. The summed E-state index contributed by atoms with van der Waals surface area (Å²) in [5.74, 6) is -0.554. The Morgan fingerprint density at radius 1 is 1.27 bits per heavy atom. The van der Waals surface area contributed by atoms with Gasteiger partial charge in [0.25, 0.3) is 5.91 Å². The van der Waals surface area contributed by atoms with Crippen LogP contribution in [0.5, 0.6) is 0 Å². The van der Waals surface area contributed by atoms with Gasteiger partial charge in [-0.1, -0.05) is 0 Å². The lowest BCUT2D eigenvalue weighted by Gasteiger charge is -2.26. The second-order valence-electron chi connectivity index (χ2n) is 7.65. The Morgan fingerprint density at radius 3 is 2.46 bits per heavy atom. The van der Waals surface area contributed by atoms with Crippen LogP contribution in [0.15, 0.2) is 6.07 Å². The van der Waals surface area contributed by atoms with E-state index in [0.717, 1.165) is 15.9 Å². The molecule has 0 spiro atoms. The predicted octanol–water partition coefficient (Wildman–Crippen LogP) is 2.29. The summed E-state index contributed by atoms with van der Waals surface area (Å²) in [5, 5.41) is 5.34. The fourth-order valence-corrected chi connectivity index (χ4v) is 3.66. The topological polar surface area (TPSA) is 67.7 Å². The van der Waals surface area contributed by atoms with E-state index in [9.17, 15) is 9.59 Å². The molecular formula is C18H28N4O3S. The highest BCUT2D eigenvalue weighted by Gasteiger charge is 2.25. The highest BCUT2D eigenvalue weighted by atomic mass is 32.1. The molecule has 26 heavy (non-hydrogen) atoms. The molecule has 0 aliphatic rings. The van der Waals surface area contributed by atoms with Gasteiger partial charge in [-0.2, -0.15) is 5.10 Å². The third kappa shape index (κ3) is 5.04. The van der Waals surface area contributed by atoms with Crippen molar-refractivity contribution in [2.45, 2.75) is 33.3 Å². The van der Waals surface area contributed by atoms with Gasteiger partial charge in [-0.3, -0.25) is 14.3 Å². The van der Waals surface area contributed by atoms with E-state index in [4.69, 9.17) is 4.74 Å². The Bertz CT molecular complexity index is 767. The largest absolute Gasteiger partial charge is 0.459 e. The number of ether oxygens (including phenoxy) is 1. The molecule has 144 valence electrons. The van der Waals surface area contributed by atoms with Crippen molar-refractivity contribution in [3.05, 3.63) is 16.6 Å². The SMILES string of the molecule is Cc1nn(C)c2sc(C(=O)N(CCN(C)C)CC(=O)OC(C)(C)C)cc12. The van der Waals surface area contributed by atoms with Crippen LogP contribution in [0.2, 0.25) is 0 Å². The van der Waals surface area contributed by atoms with Crippen LogP contribution in [-0.2, 0) is 16.6 Å². The van der Waals surface area contributed by atoms with Gasteiger partial charge in [-0.15, -0.1) is 11.3 Å². The number of nitrogens with zero attached hydrogens (tertiary/aromatic N) is 4. The van der Waals surface area contributed by atoms with E-state index in [2.05, 4.69) is 5.10 Å². The molecule has 0 aliphatic heterocycles. The third-order valence-corrected chi connectivity index (χ3v) is 4.94. The number of fused-ring (bicyclic) bond motifs is 1. The molecule has 7 nitrogen and oxygen atoms in total. The monoisotopic (exact) mass is 380 g/mol. The summed E-state index contributed by atoms with van der Waals surface area (Å²) in [5.41, 5.74) is 0.318. The number of hydrogen-bond acceptors (Lipinski definition) is 6. The van der Waals surface area contributed by atoms with Gasteiger partial charge in [0.2, 0.25) is 0 Å². The summed E-state index contributed by atoms with van der Waals surface area (Å²) in [6, 6.07) is 1.86. The average Bonchev–Trinajstić information content (AvgIpc) is 3.03. The Balaban J connectivity index is 2.22. The summed E-state index contributed by atoms with van der Waals surface area (Å²) in [4.78, 5) is 30.4. The summed E-state index contributed by atoms with van der Waals surface area (Å²) < 4.78 is 7.17. The van der Waals surface area contributed by atoms with Gasteiger partial charge in [-0.05, 0) is 47.9 Å². The maximum Gasteiger partial charge on any atom is 0.326 e. The van der Waals surface area contributed by atoms with Crippen molar-refractivity contribution in [2.75, 3.05) is 33.7 Å². The number of carbonyl (C=O) groups excluding carboxylic acids is 2. The first-order valence-corrected chi connectivity index (χ1v) is 9.38. The minimum atomic E-state index is -0.576. The van der Waals surface area contributed by atoms with Gasteiger partial charge in [-0.25, -0.2) is 0 Å². The summed E-state index contributed by atoms with van der Waals surface area (Å²) in [6.45, 7) is 8.44. The van der Waals surface area contributed by atoms with Crippen LogP contribution in [-0.4, -0.2) is 70.8 Å². The molecule has 2 heterocycles. The molecule has 2 aromatic heterocycles. The van der Waals surface area contributed by atoms with Crippen LogP contribution in [0.4, 0.5) is 0 Å². The number of esters is 1. The van der Waals surface area contributed by atoms with Crippen LogP contribution in [0.1, 0.15) is 36.1 Å². The molecule has 0 atom stereocenters. The molecule has 0 fully saturated rings. The van der Waals surface area contributed by atoms with E-state index in [-0.39, 0.29) is 12.5 Å². The first kappa shape index (κ1) is 20.4. The highest BCUT2D eigenvalue weighted by Crippen LogP contribution is 2.28. The van der Waals surface area contributed by atoms with Gasteiger partial charge in [0.1, 0.15) is 17.0 Å². The van der Waals surface area contributed by atoms with Gasteiger partial charge in [0, 0.05) is 25.5 Å². The molecule has 0 aliphatic carbocycles. The van der Waals surface area contributed by atoms with Gasteiger partial charge in [0.15, 0.2) is 0 Å². The van der Waals surface area contributed by atoms with Crippen molar-refractivity contribution in [3.8, 4) is 0 Å². The molecule has 0 N–H and O–H groups in total. The van der Waals surface area contributed by atoms with Crippen molar-refractivity contribution < 1.29 is 14.3 Å². The first-order chi connectivity index (χ1) is 12.0. The molecule has 0 saturated heterocycles. The lowest BCUT2D eigenvalue weighted by atomic mass is 10.2. The minimum absolute atomic E-state index is 0.0601. The molecule has 1 amide bonds. The minimum Gasteiger partial charge on any atom is -0.459 e. The molecule has 8 heteroatoms. The highest BCUT2D eigenvalue weighted by molar-refractivity contribution is 7.20. The fourth-order valence-electron chi connectivity index (χ4n) is 2.57. The molecule has 0 aromatic carbocycles. The Morgan fingerprint density at radius 2 is 1.92 bits per heavy atom. The Kier molecular flexibility index (Phi) is 6.08. The third-order valence-electron chi connectivity index (χ3n) is 3.75. The maximum absolute atomic E-state index is 13.0. The van der Waals surface area contributed by atoms with Gasteiger partial charge < -0.3 is 14.5 Å². The van der Waals surface area contributed by atoms with E-state index in [1.165, 1.54) is 11.3 Å². The standard InChI is InChI=1S/C18H28N4O3S/c1-12-13-10-14(26-17(13)21(7)19-12)16(24)22(9-8-20(5)6)11-15(23)25-18(2,3)4/h10H,8-9,11H2,1-7H3. The van der Waals surface area contributed by atoms with Crippen molar-refractivity contribution in [2.24, 2.45) is 7.05 Å². The zero-order valence-corrected chi connectivity index (χ0v) is 17.4. The Hall–Kier alpha value is -1.93. The zero-order valence-electron chi connectivity index (χ0n) is 16.6. The van der Waals surface area contributed by atoms with Crippen molar-refractivity contribution in [3.63, 3.8) is 0 Å². The van der Waals surface area contributed by atoms with Crippen molar-refractivity contribution in [1.29, 1.82) is 0 Å². The number of rotatable bonds is 6. The second-order valence-corrected chi connectivity index (χ2v) is 8.69. The molecule has 2 aromatic rings. The van der Waals surface area contributed by atoms with Crippen molar-refractivity contribution >= 4 is 33.4 Å². The number of aryl methyl sites for hydroxylation is 2. The Labute approximate surface area is 158 Å². The predicted molar refractivity (Wildman–Crippen MR) is 104 cm³/mol. The van der Waals surface area contributed by atoms with E-state index >= 15 is 0 Å². The fraction of sp³-hybridized carbons (Fsp3) is 0.611. The van der Waals surface area contributed by atoms with Crippen molar-refractivity contribution in [1.82, 2.24) is 19.6 Å². The van der Waals surface area contributed by atoms with Crippen LogP contribution in [0, 0.1) is 6.92 Å². The van der Waals surface area contributed by atoms with Crippen LogP contribution >= 0.6 is 11.3 Å². The van der Waals surface area contributed by atoms with Gasteiger partial charge >= 0.3 is 5.97 Å². The lowest BCUT2D eigenvalue weighted by Crippen LogP contribution is -2.41. The van der Waals surface area contributed by atoms with E-state index in [1.807, 2.05) is 59.8 Å². The number of hydrogen-bond donors (Lipinski definition) is 0. The smallest absolute Gasteiger partial charge is 0.326 e. The number of thiophene rings is 1. The molecule has 0 unspecified atom stereocenters. The number of aromatic nitrogens is 2. The molecule has 0 saturated carbocycles. The maximum atomic E-state index is 13.0. The lowest BCUT2D eigenvalue weighted by molar-refractivity contribution is -0.155. The number of carbonyl (C=O) groups is 2. The summed E-state index contributed by atoms with van der Waals surface area (Å²) >= 11 is 1.40. The van der Waals surface area contributed by atoms with Crippen LogP contribution < -0.4 is 0 Å². The molecular weight excluding hydrogens is 352 g/mol. The van der Waals surface area contributed by atoms with E-state index in [1.54, 1.807) is 9.58 Å². The quantitative estimate of drug-likeness (QED) is 0.719. The second kappa shape index (κ2) is 7.75.